The minimum atomic E-state index is -1.31. The average molecular weight is 425 g/mol. The second-order valence-corrected chi connectivity index (χ2v) is 7.35. The van der Waals surface area contributed by atoms with Crippen molar-refractivity contribution in [2.24, 2.45) is 0 Å². The number of anilines is 1. The quantitative estimate of drug-likeness (QED) is 0.431. The molecule has 8 nitrogen and oxygen atoms in total. The van der Waals surface area contributed by atoms with Gasteiger partial charge in [0.05, 0.1) is 7.11 Å². The Hall–Kier alpha value is -3.81. The van der Waals surface area contributed by atoms with Crippen LogP contribution in [0.5, 0.6) is 11.5 Å². The molecule has 0 aromatic heterocycles. The highest BCUT2D eigenvalue weighted by atomic mass is 16.7. The molecule has 0 atom stereocenters. The number of aryl methyl sites for hydroxylation is 1. The highest BCUT2D eigenvalue weighted by Gasteiger charge is 2.38. The van der Waals surface area contributed by atoms with Gasteiger partial charge in [-0.05, 0) is 48.4 Å². The zero-order valence-corrected chi connectivity index (χ0v) is 17.7. The van der Waals surface area contributed by atoms with Gasteiger partial charge in [-0.25, -0.2) is 9.59 Å². The Morgan fingerprint density at radius 2 is 1.77 bits per heavy atom. The number of esters is 2. The van der Waals surface area contributed by atoms with Crippen LogP contribution in [-0.4, -0.2) is 37.3 Å². The second kappa shape index (κ2) is 8.91. The molecular formula is C23H23NO7. The number of cyclic esters (lactones) is 2. The standard InChI is InChI=1S/C23H23NO7/c1-14-6-5-7-16(10-14)24-20(25)13-29-18-9-8-15(12-19(18)28-4)11-17-21(26)30-23(2,3)31-22(17)27/h5-12H,13H2,1-4H3,(H,24,25). The van der Waals surface area contributed by atoms with Gasteiger partial charge in [0, 0.05) is 19.5 Å². The summed E-state index contributed by atoms with van der Waals surface area (Å²) < 4.78 is 21.0. The monoisotopic (exact) mass is 425 g/mol. The van der Waals surface area contributed by atoms with Crippen molar-refractivity contribution >= 4 is 29.6 Å². The first kappa shape index (κ1) is 21.9. The Bertz CT molecular complexity index is 1030. The topological polar surface area (TPSA) is 100 Å². The van der Waals surface area contributed by atoms with Gasteiger partial charge in [0.15, 0.2) is 18.1 Å². The number of carbonyl (C=O) groups is 3. The van der Waals surface area contributed by atoms with Crippen molar-refractivity contribution in [3.05, 3.63) is 59.2 Å². The maximum Gasteiger partial charge on any atom is 0.348 e. The van der Waals surface area contributed by atoms with E-state index in [4.69, 9.17) is 18.9 Å². The summed E-state index contributed by atoms with van der Waals surface area (Å²) in [5.74, 6) is -2.51. The van der Waals surface area contributed by atoms with Crippen LogP contribution in [0.2, 0.25) is 0 Å². The molecule has 1 amide bonds. The maximum absolute atomic E-state index is 12.2. The normalized spacial score (nSPS) is 14.9. The van der Waals surface area contributed by atoms with Gasteiger partial charge < -0.3 is 24.3 Å². The summed E-state index contributed by atoms with van der Waals surface area (Å²) in [6.07, 6.45) is 1.34. The Labute approximate surface area is 179 Å². The van der Waals surface area contributed by atoms with Crippen LogP contribution in [-0.2, 0) is 23.9 Å². The lowest BCUT2D eigenvalue weighted by molar-refractivity contribution is -0.222. The first-order valence-electron chi connectivity index (χ1n) is 9.52. The molecule has 0 radical (unpaired) electrons. The van der Waals surface area contributed by atoms with Gasteiger partial charge in [-0.15, -0.1) is 0 Å². The Balaban J connectivity index is 1.69. The maximum atomic E-state index is 12.2. The van der Waals surface area contributed by atoms with Crippen molar-refractivity contribution < 1.29 is 33.3 Å². The molecule has 0 spiro atoms. The number of ether oxygens (including phenoxy) is 4. The molecule has 0 unspecified atom stereocenters. The van der Waals surface area contributed by atoms with E-state index in [2.05, 4.69) is 5.32 Å². The molecule has 2 aromatic rings. The lowest BCUT2D eigenvalue weighted by atomic mass is 10.1. The molecule has 3 rings (SSSR count). The van der Waals surface area contributed by atoms with E-state index in [0.29, 0.717) is 22.7 Å². The SMILES string of the molecule is COc1cc(C=C2C(=O)OC(C)(C)OC2=O)ccc1OCC(=O)Nc1cccc(C)c1. The van der Waals surface area contributed by atoms with E-state index in [1.54, 1.807) is 24.3 Å². The number of rotatable bonds is 6. The molecule has 1 aliphatic rings. The average Bonchev–Trinajstić information content (AvgIpc) is 2.69. The molecule has 1 aliphatic heterocycles. The van der Waals surface area contributed by atoms with Gasteiger partial charge in [-0.1, -0.05) is 18.2 Å². The van der Waals surface area contributed by atoms with E-state index in [1.165, 1.54) is 27.0 Å². The molecular weight excluding hydrogens is 402 g/mol. The van der Waals surface area contributed by atoms with Gasteiger partial charge in [-0.3, -0.25) is 4.79 Å². The highest BCUT2D eigenvalue weighted by Crippen LogP contribution is 2.30. The third-order valence-corrected chi connectivity index (χ3v) is 4.28. The molecule has 0 saturated carbocycles. The summed E-state index contributed by atoms with van der Waals surface area (Å²) in [6.45, 7) is 4.66. The van der Waals surface area contributed by atoms with Crippen LogP contribution in [0.4, 0.5) is 5.69 Å². The fourth-order valence-electron chi connectivity index (χ4n) is 2.90. The van der Waals surface area contributed by atoms with E-state index in [-0.39, 0.29) is 18.1 Å². The predicted octanol–water partition coefficient (Wildman–Crippen LogP) is 3.24. The van der Waals surface area contributed by atoms with Crippen LogP contribution < -0.4 is 14.8 Å². The molecule has 1 heterocycles. The predicted molar refractivity (Wildman–Crippen MR) is 113 cm³/mol. The second-order valence-electron chi connectivity index (χ2n) is 7.35. The van der Waals surface area contributed by atoms with Crippen LogP contribution >= 0.6 is 0 Å². The number of methoxy groups -OCH3 is 1. The molecule has 162 valence electrons. The highest BCUT2D eigenvalue weighted by molar-refractivity contribution is 6.18. The van der Waals surface area contributed by atoms with E-state index < -0.39 is 17.7 Å². The van der Waals surface area contributed by atoms with Crippen LogP contribution in [0.15, 0.2) is 48.0 Å². The van der Waals surface area contributed by atoms with Crippen LogP contribution in [0.3, 0.4) is 0 Å². The minimum absolute atomic E-state index is 0.224. The van der Waals surface area contributed by atoms with E-state index in [1.807, 2.05) is 25.1 Å². The Morgan fingerprint density at radius 1 is 1.06 bits per heavy atom. The molecule has 0 bridgehead atoms. The Morgan fingerprint density at radius 3 is 2.42 bits per heavy atom. The molecule has 1 N–H and O–H groups in total. The molecule has 31 heavy (non-hydrogen) atoms. The number of carbonyl (C=O) groups excluding carboxylic acids is 3. The summed E-state index contributed by atoms with van der Waals surface area (Å²) in [5.41, 5.74) is 1.97. The van der Waals surface area contributed by atoms with Crippen molar-refractivity contribution in [3.8, 4) is 11.5 Å². The van der Waals surface area contributed by atoms with E-state index in [9.17, 15) is 14.4 Å². The molecule has 0 aliphatic carbocycles. The lowest BCUT2D eigenvalue weighted by Crippen LogP contribution is -2.41. The third-order valence-electron chi connectivity index (χ3n) is 4.28. The summed E-state index contributed by atoms with van der Waals surface area (Å²) in [5, 5.41) is 2.76. The van der Waals surface area contributed by atoms with Crippen LogP contribution in [0.1, 0.15) is 25.0 Å². The van der Waals surface area contributed by atoms with Crippen LogP contribution in [0.25, 0.3) is 6.08 Å². The van der Waals surface area contributed by atoms with Gasteiger partial charge in [0.25, 0.3) is 11.7 Å². The summed E-state index contributed by atoms with van der Waals surface area (Å²) >= 11 is 0. The number of amides is 1. The molecule has 1 fully saturated rings. The minimum Gasteiger partial charge on any atom is -0.493 e. The van der Waals surface area contributed by atoms with Gasteiger partial charge >= 0.3 is 11.9 Å². The zero-order chi connectivity index (χ0) is 22.6. The van der Waals surface area contributed by atoms with Gasteiger partial charge in [0.2, 0.25) is 0 Å². The smallest absolute Gasteiger partial charge is 0.348 e. The number of nitrogens with one attached hydrogen (secondary N) is 1. The summed E-state index contributed by atoms with van der Waals surface area (Å²) in [4.78, 5) is 36.4. The molecule has 1 saturated heterocycles. The summed E-state index contributed by atoms with van der Waals surface area (Å²) in [7, 11) is 1.44. The zero-order valence-electron chi connectivity index (χ0n) is 17.7. The first-order valence-corrected chi connectivity index (χ1v) is 9.52. The first-order chi connectivity index (χ1) is 14.7. The molecule has 2 aromatic carbocycles. The van der Waals surface area contributed by atoms with Crippen molar-refractivity contribution in [1.29, 1.82) is 0 Å². The van der Waals surface area contributed by atoms with Crippen molar-refractivity contribution in [3.63, 3.8) is 0 Å². The third kappa shape index (κ3) is 5.63. The fourth-order valence-corrected chi connectivity index (χ4v) is 2.90. The lowest BCUT2D eigenvalue weighted by Gasteiger charge is -2.29. The van der Waals surface area contributed by atoms with Crippen molar-refractivity contribution in [2.45, 2.75) is 26.6 Å². The molecule has 8 heteroatoms. The Kier molecular flexibility index (Phi) is 6.29. The number of hydrogen-bond acceptors (Lipinski definition) is 7. The number of hydrogen-bond donors (Lipinski definition) is 1. The van der Waals surface area contributed by atoms with E-state index in [0.717, 1.165) is 5.56 Å². The van der Waals surface area contributed by atoms with Gasteiger partial charge in [-0.2, -0.15) is 0 Å². The van der Waals surface area contributed by atoms with Gasteiger partial charge in [0.1, 0.15) is 5.57 Å². The largest absolute Gasteiger partial charge is 0.493 e. The van der Waals surface area contributed by atoms with Crippen LogP contribution in [0, 0.1) is 6.92 Å². The number of benzene rings is 2. The fraction of sp³-hybridized carbons (Fsp3) is 0.261. The van der Waals surface area contributed by atoms with Crippen molar-refractivity contribution in [2.75, 3.05) is 19.0 Å². The van der Waals surface area contributed by atoms with E-state index >= 15 is 0 Å². The summed E-state index contributed by atoms with van der Waals surface area (Å²) in [6, 6.07) is 12.2. The van der Waals surface area contributed by atoms with Crippen molar-refractivity contribution in [1.82, 2.24) is 0 Å².